The largest absolute Gasteiger partial charge is 0.344 e. The molecule has 0 aliphatic rings. The van der Waals surface area contributed by atoms with E-state index in [9.17, 15) is 0 Å². The molecule has 0 saturated heterocycles. The van der Waals surface area contributed by atoms with Gasteiger partial charge in [0.15, 0.2) is 0 Å². The van der Waals surface area contributed by atoms with Gasteiger partial charge in [-0.15, -0.1) is 0 Å². The van der Waals surface area contributed by atoms with Crippen LogP contribution in [-0.4, -0.2) is 25.5 Å². The number of hydrogen-bond acceptors (Lipinski definition) is 2. The maximum absolute atomic E-state index is 2.27. The normalized spacial score (nSPS) is 10.2. The zero-order valence-corrected chi connectivity index (χ0v) is 9.81. The molecular weight excluding hydrogens is 160 g/mol. The Morgan fingerprint density at radius 3 is 1.69 bits per heavy atom. The molecule has 0 heterocycles. The number of nitrogens with zero attached hydrogens (tertiary/aromatic N) is 1. The molecule has 13 heavy (non-hydrogen) atoms. The molecule has 0 aliphatic carbocycles. The van der Waals surface area contributed by atoms with Crippen molar-refractivity contribution >= 4 is 0 Å². The molecule has 0 rings (SSSR count). The molecule has 0 amide bonds. The van der Waals surface area contributed by atoms with Gasteiger partial charge in [0.1, 0.15) is 0 Å². The van der Waals surface area contributed by atoms with E-state index in [-0.39, 0.29) is 6.15 Å². The van der Waals surface area contributed by atoms with Gasteiger partial charge < -0.3 is 11.1 Å². The van der Waals surface area contributed by atoms with Crippen LogP contribution in [0, 0.1) is 0 Å². The van der Waals surface area contributed by atoms with E-state index in [1.54, 1.807) is 0 Å². The van der Waals surface area contributed by atoms with E-state index >= 15 is 0 Å². The summed E-state index contributed by atoms with van der Waals surface area (Å²) in [6, 6.07) is 0. The van der Waals surface area contributed by atoms with Crippen molar-refractivity contribution in [2.24, 2.45) is 0 Å². The lowest BCUT2D eigenvalue weighted by atomic mass is 10.1. The Bertz CT molecular complexity index is 82.2. The fraction of sp³-hybridized carbons (Fsp3) is 1.00. The zero-order valence-electron chi connectivity index (χ0n) is 9.81. The van der Waals surface area contributed by atoms with Gasteiger partial charge in [-0.2, -0.15) is 0 Å². The molecule has 0 spiro atoms. The standard InChI is InChI=1S/C11H25N.H3N/c1-4-5-6-7-8-9-10-11-12(2)3;/h4-11H2,1-3H3;1H3. The first-order chi connectivity index (χ1) is 5.77. The Labute approximate surface area is 84.3 Å². The molecule has 0 aromatic carbocycles. The Morgan fingerprint density at radius 1 is 0.769 bits per heavy atom. The van der Waals surface area contributed by atoms with Gasteiger partial charge in [-0.25, -0.2) is 0 Å². The smallest absolute Gasteiger partial charge is 0.00248 e. The zero-order chi connectivity index (χ0) is 9.23. The van der Waals surface area contributed by atoms with Crippen LogP contribution in [0.4, 0.5) is 0 Å². The maximum Gasteiger partial charge on any atom is -0.00248 e. The highest BCUT2D eigenvalue weighted by atomic mass is 15.0. The van der Waals surface area contributed by atoms with Crippen molar-refractivity contribution in [2.45, 2.75) is 51.9 Å². The highest BCUT2D eigenvalue weighted by molar-refractivity contribution is 4.47. The van der Waals surface area contributed by atoms with Crippen molar-refractivity contribution < 1.29 is 0 Å². The average molecular weight is 188 g/mol. The topological polar surface area (TPSA) is 38.2 Å². The van der Waals surface area contributed by atoms with Crippen LogP contribution in [0.3, 0.4) is 0 Å². The molecule has 82 valence electrons. The first-order valence-electron chi connectivity index (χ1n) is 5.42. The van der Waals surface area contributed by atoms with Crippen molar-refractivity contribution in [2.75, 3.05) is 20.6 Å². The van der Waals surface area contributed by atoms with E-state index in [2.05, 4.69) is 25.9 Å². The third-order valence-electron chi connectivity index (χ3n) is 2.21. The third-order valence-corrected chi connectivity index (χ3v) is 2.21. The summed E-state index contributed by atoms with van der Waals surface area (Å²) in [5.74, 6) is 0. The summed E-state index contributed by atoms with van der Waals surface area (Å²) >= 11 is 0. The van der Waals surface area contributed by atoms with Gasteiger partial charge in [0, 0.05) is 0 Å². The van der Waals surface area contributed by atoms with Gasteiger partial charge in [-0.3, -0.25) is 0 Å². The average Bonchev–Trinajstić information content (AvgIpc) is 2.02. The second-order valence-electron chi connectivity index (χ2n) is 3.92. The van der Waals surface area contributed by atoms with E-state index in [0.29, 0.717) is 0 Å². The molecule has 0 aromatic rings. The van der Waals surface area contributed by atoms with Crippen LogP contribution in [0.25, 0.3) is 0 Å². The molecule has 0 aliphatic heterocycles. The van der Waals surface area contributed by atoms with Gasteiger partial charge in [0.05, 0.1) is 0 Å². The van der Waals surface area contributed by atoms with Crippen LogP contribution < -0.4 is 6.15 Å². The lowest BCUT2D eigenvalue weighted by molar-refractivity contribution is 0.389. The molecule has 3 N–H and O–H groups in total. The summed E-state index contributed by atoms with van der Waals surface area (Å²) in [6.45, 7) is 3.53. The van der Waals surface area contributed by atoms with Gasteiger partial charge in [-0.1, -0.05) is 45.4 Å². The van der Waals surface area contributed by atoms with Gasteiger partial charge >= 0.3 is 0 Å². The minimum absolute atomic E-state index is 0. The van der Waals surface area contributed by atoms with Gasteiger partial charge in [0.25, 0.3) is 0 Å². The SMILES string of the molecule is CCCCCCCCCN(C)C.N. The van der Waals surface area contributed by atoms with Gasteiger partial charge in [-0.05, 0) is 27.1 Å². The van der Waals surface area contributed by atoms with Crippen LogP contribution in [0.2, 0.25) is 0 Å². The van der Waals surface area contributed by atoms with E-state index in [1.165, 1.54) is 51.5 Å². The Morgan fingerprint density at radius 2 is 1.23 bits per heavy atom. The second-order valence-corrected chi connectivity index (χ2v) is 3.92. The molecule has 0 atom stereocenters. The van der Waals surface area contributed by atoms with Crippen LogP contribution in [0.5, 0.6) is 0 Å². The van der Waals surface area contributed by atoms with Crippen LogP contribution in [0.1, 0.15) is 51.9 Å². The monoisotopic (exact) mass is 188 g/mol. The molecule has 0 radical (unpaired) electrons. The fourth-order valence-electron chi connectivity index (χ4n) is 1.39. The molecule has 0 fully saturated rings. The molecule has 0 unspecified atom stereocenters. The van der Waals surface area contributed by atoms with E-state index in [1.807, 2.05) is 0 Å². The van der Waals surface area contributed by atoms with Crippen molar-refractivity contribution in [1.29, 1.82) is 0 Å². The van der Waals surface area contributed by atoms with Crippen molar-refractivity contribution in [1.82, 2.24) is 11.1 Å². The summed E-state index contributed by atoms with van der Waals surface area (Å²) in [4.78, 5) is 2.27. The number of rotatable bonds is 8. The highest BCUT2D eigenvalue weighted by Gasteiger charge is 1.91. The number of unbranched alkanes of at least 4 members (excludes halogenated alkanes) is 6. The molecular formula is C11H28N2. The maximum atomic E-state index is 2.27. The Kier molecular flexibility index (Phi) is 14.1. The van der Waals surface area contributed by atoms with E-state index in [0.717, 1.165) is 0 Å². The minimum atomic E-state index is 0. The molecule has 0 aromatic heterocycles. The van der Waals surface area contributed by atoms with Crippen LogP contribution in [-0.2, 0) is 0 Å². The van der Waals surface area contributed by atoms with Crippen molar-refractivity contribution in [3.05, 3.63) is 0 Å². The molecule has 0 saturated carbocycles. The first kappa shape index (κ1) is 15.4. The predicted octanol–water partition coefficient (Wildman–Crippen LogP) is 3.46. The summed E-state index contributed by atoms with van der Waals surface area (Å²) in [5.41, 5.74) is 0. The van der Waals surface area contributed by atoms with Crippen molar-refractivity contribution in [3.8, 4) is 0 Å². The molecule has 2 heteroatoms. The van der Waals surface area contributed by atoms with Gasteiger partial charge in [0.2, 0.25) is 0 Å². The highest BCUT2D eigenvalue weighted by Crippen LogP contribution is 2.06. The third kappa shape index (κ3) is 14.7. The number of hydrogen-bond donors (Lipinski definition) is 1. The summed E-state index contributed by atoms with van der Waals surface area (Å²) < 4.78 is 0. The Balaban J connectivity index is 0. The lowest BCUT2D eigenvalue weighted by Gasteiger charge is -2.08. The second kappa shape index (κ2) is 11.9. The Hall–Kier alpha value is -0.0800. The fourth-order valence-corrected chi connectivity index (χ4v) is 1.39. The minimum Gasteiger partial charge on any atom is -0.344 e. The summed E-state index contributed by atoms with van der Waals surface area (Å²) in [7, 11) is 4.30. The lowest BCUT2D eigenvalue weighted by Crippen LogP contribution is -2.12. The molecule has 0 bridgehead atoms. The quantitative estimate of drug-likeness (QED) is 0.592. The van der Waals surface area contributed by atoms with Crippen LogP contribution >= 0.6 is 0 Å². The van der Waals surface area contributed by atoms with E-state index < -0.39 is 0 Å². The molecule has 2 nitrogen and oxygen atoms in total. The predicted molar refractivity (Wildman–Crippen MR) is 61.6 cm³/mol. The van der Waals surface area contributed by atoms with Crippen molar-refractivity contribution in [3.63, 3.8) is 0 Å². The van der Waals surface area contributed by atoms with Crippen LogP contribution in [0.15, 0.2) is 0 Å². The first-order valence-corrected chi connectivity index (χ1v) is 5.42. The van der Waals surface area contributed by atoms with E-state index in [4.69, 9.17) is 0 Å². The summed E-state index contributed by atoms with van der Waals surface area (Å²) in [6.07, 6.45) is 9.90. The summed E-state index contributed by atoms with van der Waals surface area (Å²) in [5, 5.41) is 0.